The number of carbonyl (C=O) groups excluding carboxylic acids is 1. The Kier molecular flexibility index (Phi) is 5.81. The van der Waals surface area contributed by atoms with Crippen LogP contribution in [0.5, 0.6) is 5.88 Å². The number of hydrogen-bond acceptors (Lipinski definition) is 7. The maximum absolute atomic E-state index is 12.1. The Labute approximate surface area is 141 Å². The molecule has 0 saturated carbocycles. The summed E-state index contributed by atoms with van der Waals surface area (Å²) in [7, 11) is 1.60. The molecule has 0 radical (unpaired) electrons. The monoisotopic (exact) mass is 336 g/mol. The zero-order chi connectivity index (χ0) is 16.8. The lowest BCUT2D eigenvalue weighted by Crippen LogP contribution is -2.37. The molecule has 1 unspecified atom stereocenters. The Morgan fingerprint density at radius 2 is 2.08 bits per heavy atom. The van der Waals surface area contributed by atoms with Gasteiger partial charge in [0.25, 0.3) is 5.88 Å². The van der Waals surface area contributed by atoms with Crippen molar-refractivity contribution in [2.75, 3.05) is 58.0 Å². The van der Waals surface area contributed by atoms with Gasteiger partial charge in [-0.25, -0.2) is 9.97 Å². The number of likely N-dealkylation sites (tertiary alicyclic amines) is 1. The lowest BCUT2D eigenvalue weighted by atomic mass is 10.3. The summed E-state index contributed by atoms with van der Waals surface area (Å²) in [5.74, 6) is 1.40. The molecule has 24 heavy (non-hydrogen) atoms. The minimum atomic E-state index is -0.0482. The predicted molar refractivity (Wildman–Crippen MR) is 87.2 cm³/mol. The minimum Gasteiger partial charge on any atom is -0.470 e. The average molecular weight is 336 g/mol. The maximum Gasteiger partial charge on any atom is 0.257 e. The van der Waals surface area contributed by atoms with Crippen LogP contribution in [0.25, 0.3) is 0 Å². The van der Waals surface area contributed by atoms with E-state index < -0.39 is 0 Å². The van der Waals surface area contributed by atoms with E-state index in [0.717, 1.165) is 25.3 Å². The number of nitrogens with zero attached hydrogens (tertiary/aromatic N) is 4. The first kappa shape index (κ1) is 16.9. The van der Waals surface area contributed by atoms with Crippen LogP contribution >= 0.6 is 0 Å². The fraction of sp³-hybridized carbons (Fsp3) is 0.688. The van der Waals surface area contributed by atoms with Crippen molar-refractivity contribution in [3.8, 4) is 5.88 Å². The van der Waals surface area contributed by atoms with Gasteiger partial charge in [0.2, 0.25) is 5.91 Å². The lowest BCUT2D eigenvalue weighted by molar-refractivity contribution is -0.131. The smallest absolute Gasteiger partial charge is 0.257 e. The summed E-state index contributed by atoms with van der Waals surface area (Å²) < 4.78 is 16.4. The first-order valence-electron chi connectivity index (χ1n) is 8.35. The number of ether oxygens (including phenoxy) is 3. The summed E-state index contributed by atoms with van der Waals surface area (Å²) in [6, 6.07) is 0. The van der Waals surface area contributed by atoms with Gasteiger partial charge >= 0.3 is 0 Å². The largest absolute Gasteiger partial charge is 0.470 e. The minimum absolute atomic E-state index is 0.0482. The van der Waals surface area contributed by atoms with Crippen LogP contribution in [-0.2, 0) is 14.3 Å². The zero-order valence-corrected chi connectivity index (χ0v) is 14.0. The summed E-state index contributed by atoms with van der Waals surface area (Å²) in [5, 5.41) is 0. The van der Waals surface area contributed by atoms with Crippen molar-refractivity contribution >= 4 is 11.7 Å². The van der Waals surface area contributed by atoms with Crippen LogP contribution < -0.4 is 9.64 Å². The molecule has 2 fully saturated rings. The zero-order valence-electron chi connectivity index (χ0n) is 14.0. The molecule has 2 aliphatic rings. The van der Waals surface area contributed by atoms with Crippen LogP contribution in [-0.4, -0.2) is 80.0 Å². The standard InChI is InChI=1S/C16H24N4O4/c1-22-9-3-14(21)20-6-2-13(12-20)24-16-15(17-4-5-18-16)19-7-10-23-11-8-19/h4-5,13H,2-3,6-12H2,1H3. The number of carbonyl (C=O) groups is 1. The van der Waals surface area contributed by atoms with Gasteiger partial charge in [-0.1, -0.05) is 0 Å². The Balaban J connectivity index is 1.59. The van der Waals surface area contributed by atoms with E-state index >= 15 is 0 Å². The highest BCUT2D eigenvalue weighted by Gasteiger charge is 2.29. The number of aromatic nitrogens is 2. The molecule has 8 nitrogen and oxygen atoms in total. The van der Waals surface area contributed by atoms with E-state index in [1.165, 1.54) is 0 Å². The molecule has 1 amide bonds. The van der Waals surface area contributed by atoms with Crippen LogP contribution in [0.2, 0.25) is 0 Å². The molecule has 1 atom stereocenters. The van der Waals surface area contributed by atoms with Crippen molar-refractivity contribution in [1.82, 2.24) is 14.9 Å². The van der Waals surface area contributed by atoms with E-state index in [1.54, 1.807) is 19.5 Å². The van der Waals surface area contributed by atoms with Crippen LogP contribution in [0.3, 0.4) is 0 Å². The molecular formula is C16H24N4O4. The molecule has 132 valence electrons. The van der Waals surface area contributed by atoms with Crippen molar-refractivity contribution in [3.05, 3.63) is 12.4 Å². The topological polar surface area (TPSA) is 77.0 Å². The molecule has 0 spiro atoms. The molecule has 2 saturated heterocycles. The van der Waals surface area contributed by atoms with E-state index in [9.17, 15) is 4.79 Å². The summed E-state index contributed by atoms with van der Waals surface area (Å²) >= 11 is 0. The Hall–Kier alpha value is -1.93. The van der Waals surface area contributed by atoms with E-state index in [-0.39, 0.29) is 12.0 Å². The van der Waals surface area contributed by atoms with Crippen molar-refractivity contribution < 1.29 is 19.0 Å². The molecule has 0 aromatic carbocycles. The molecule has 2 aliphatic heterocycles. The molecule has 0 bridgehead atoms. The van der Waals surface area contributed by atoms with Crippen LogP contribution in [0.4, 0.5) is 5.82 Å². The van der Waals surface area contributed by atoms with Crippen LogP contribution in [0, 0.1) is 0 Å². The third-order valence-corrected chi connectivity index (χ3v) is 4.25. The number of rotatable bonds is 6. The first-order chi connectivity index (χ1) is 11.8. The molecular weight excluding hydrogens is 312 g/mol. The fourth-order valence-corrected chi connectivity index (χ4v) is 2.95. The van der Waals surface area contributed by atoms with Gasteiger partial charge in [-0.2, -0.15) is 0 Å². The lowest BCUT2D eigenvalue weighted by Gasteiger charge is -2.29. The van der Waals surface area contributed by atoms with Crippen molar-refractivity contribution in [3.63, 3.8) is 0 Å². The predicted octanol–water partition coefficient (Wildman–Crippen LogP) is 0.329. The average Bonchev–Trinajstić information content (AvgIpc) is 3.09. The Morgan fingerprint density at radius 1 is 1.29 bits per heavy atom. The molecule has 0 N–H and O–H groups in total. The van der Waals surface area contributed by atoms with Gasteiger partial charge in [0, 0.05) is 45.6 Å². The van der Waals surface area contributed by atoms with Gasteiger partial charge in [0.05, 0.1) is 32.8 Å². The third-order valence-electron chi connectivity index (χ3n) is 4.25. The number of amides is 1. The van der Waals surface area contributed by atoms with E-state index in [0.29, 0.717) is 45.2 Å². The highest BCUT2D eigenvalue weighted by Crippen LogP contribution is 2.26. The van der Waals surface area contributed by atoms with Gasteiger partial charge in [-0.05, 0) is 0 Å². The SMILES string of the molecule is COCCC(=O)N1CCC(Oc2nccnc2N2CCOCC2)C1. The van der Waals surface area contributed by atoms with Gasteiger partial charge < -0.3 is 24.0 Å². The molecule has 3 rings (SSSR count). The highest BCUT2D eigenvalue weighted by molar-refractivity contribution is 5.76. The van der Waals surface area contributed by atoms with Gasteiger partial charge in [-0.15, -0.1) is 0 Å². The first-order valence-corrected chi connectivity index (χ1v) is 8.35. The molecule has 1 aromatic heterocycles. The Morgan fingerprint density at radius 3 is 2.88 bits per heavy atom. The maximum atomic E-state index is 12.1. The third kappa shape index (κ3) is 4.12. The van der Waals surface area contributed by atoms with Crippen molar-refractivity contribution in [2.24, 2.45) is 0 Å². The fourth-order valence-electron chi connectivity index (χ4n) is 2.95. The van der Waals surface area contributed by atoms with Gasteiger partial charge in [-0.3, -0.25) is 4.79 Å². The summed E-state index contributed by atoms with van der Waals surface area (Å²) in [6.07, 6.45) is 4.47. The summed E-state index contributed by atoms with van der Waals surface area (Å²) in [4.78, 5) is 24.8. The Bertz CT molecular complexity index is 551. The van der Waals surface area contributed by atoms with Crippen LogP contribution in [0.15, 0.2) is 12.4 Å². The molecule has 8 heteroatoms. The number of anilines is 1. The van der Waals surface area contributed by atoms with Crippen molar-refractivity contribution in [1.29, 1.82) is 0 Å². The second-order valence-electron chi connectivity index (χ2n) is 5.90. The molecule has 3 heterocycles. The quantitative estimate of drug-likeness (QED) is 0.741. The van der Waals surface area contributed by atoms with E-state index in [1.807, 2.05) is 4.90 Å². The van der Waals surface area contributed by atoms with Gasteiger partial charge in [0.1, 0.15) is 6.10 Å². The second kappa shape index (κ2) is 8.25. The van der Waals surface area contributed by atoms with Crippen LogP contribution in [0.1, 0.15) is 12.8 Å². The number of morpholine rings is 1. The van der Waals surface area contributed by atoms with Crippen molar-refractivity contribution in [2.45, 2.75) is 18.9 Å². The highest BCUT2D eigenvalue weighted by atomic mass is 16.5. The van der Waals surface area contributed by atoms with E-state index in [2.05, 4.69) is 14.9 Å². The molecule has 0 aliphatic carbocycles. The number of hydrogen-bond donors (Lipinski definition) is 0. The summed E-state index contributed by atoms with van der Waals surface area (Å²) in [5.41, 5.74) is 0. The summed E-state index contributed by atoms with van der Waals surface area (Å²) in [6.45, 7) is 4.67. The number of methoxy groups -OCH3 is 1. The second-order valence-corrected chi connectivity index (χ2v) is 5.90. The van der Waals surface area contributed by atoms with E-state index in [4.69, 9.17) is 14.2 Å². The normalized spacial score (nSPS) is 21.1. The van der Waals surface area contributed by atoms with Gasteiger partial charge in [0.15, 0.2) is 5.82 Å². The molecule has 1 aromatic rings.